The van der Waals surface area contributed by atoms with Gasteiger partial charge in [-0.15, -0.1) is 5.10 Å². The van der Waals surface area contributed by atoms with Gasteiger partial charge in [-0.2, -0.15) is 0 Å². The van der Waals surface area contributed by atoms with Gasteiger partial charge in [0.25, 0.3) is 5.16 Å². The third-order valence-corrected chi connectivity index (χ3v) is 5.75. The molecule has 0 aromatic carbocycles. The molecule has 8 heteroatoms. The van der Waals surface area contributed by atoms with Gasteiger partial charge >= 0.3 is 0 Å². The average molecular weight is 300 g/mol. The molecule has 0 aliphatic heterocycles. The summed E-state index contributed by atoms with van der Waals surface area (Å²) >= 11 is 0. The molecule has 1 amide bonds. The number of nitrogens with one attached hydrogen (secondary N) is 1. The Balaban J connectivity index is 2.02. The predicted molar refractivity (Wildman–Crippen MR) is 72.5 cm³/mol. The van der Waals surface area contributed by atoms with Crippen molar-refractivity contribution in [1.82, 2.24) is 15.2 Å². The highest BCUT2D eigenvalue weighted by atomic mass is 32.2. The Hall–Kier alpha value is -1.44. The molecule has 0 bridgehead atoms. The molecule has 112 valence electrons. The first-order valence-electron chi connectivity index (χ1n) is 6.85. The summed E-state index contributed by atoms with van der Waals surface area (Å²) < 4.78 is 24.0. The second kappa shape index (κ2) is 5.90. The Morgan fingerprint density at radius 2 is 2.10 bits per heavy atom. The van der Waals surface area contributed by atoms with Crippen LogP contribution in [0.4, 0.5) is 0 Å². The number of primary amides is 1. The lowest BCUT2D eigenvalue weighted by Gasteiger charge is -2.06. The molecule has 1 aromatic rings. The molecule has 1 aromatic heterocycles. The van der Waals surface area contributed by atoms with E-state index in [1.807, 2.05) is 0 Å². The largest absolute Gasteiger partial charge is 0.369 e. The van der Waals surface area contributed by atoms with Crippen molar-refractivity contribution < 1.29 is 13.2 Å². The first-order valence-corrected chi connectivity index (χ1v) is 8.40. The molecule has 1 saturated carbocycles. The Kier molecular flexibility index (Phi) is 4.42. The van der Waals surface area contributed by atoms with Gasteiger partial charge in [-0.1, -0.05) is 25.7 Å². The molecule has 1 atom stereocenters. The molecule has 0 saturated heterocycles. The molecular weight excluding hydrogens is 280 g/mol. The van der Waals surface area contributed by atoms with Crippen molar-refractivity contribution in [1.29, 1.82) is 0 Å². The SMILES string of the molecule is CC(C(N)=O)S(=O)(=O)c1n[nH]c(CCC2CCCC2)n1. The minimum Gasteiger partial charge on any atom is -0.369 e. The van der Waals surface area contributed by atoms with Crippen LogP contribution in [0.25, 0.3) is 0 Å². The van der Waals surface area contributed by atoms with E-state index < -0.39 is 21.0 Å². The van der Waals surface area contributed by atoms with Crippen molar-refractivity contribution in [2.24, 2.45) is 11.7 Å². The van der Waals surface area contributed by atoms with Crippen molar-refractivity contribution in [2.45, 2.75) is 55.9 Å². The van der Waals surface area contributed by atoms with Crippen LogP contribution in [0.2, 0.25) is 0 Å². The van der Waals surface area contributed by atoms with Crippen LogP contribution in [0.15, 0.2) is 5.16 Å². The second-order valence-electron chi connectivity index (χ2n) is 5.34. The fraction of sp³-hybridized carbons (Fsp3) is 0.750. The zero-order valence-electron chi connectivity index (χ0n) is 11.5. The zero-order chi connectivity index (χ0) is 14.8. The summed E-state index contributed by atoms with van der Waals surface area (Å²) in [5, 5.41) is 4.68. The number of rotatable bonds is 6. The van der Waals surface area contributed by atoms with E-state index in [-0.39, 0.29) is 5.16 Å². The van der Waals surface area contributed by atoms with Crippen LogP contribution in [-0.2, 0) is 21.1 Å². The Morgan fingerprint density at radius 3 is 2.70 bits per heavy atom. The maximum atomic E-state index is 12.0. The molecule has 7 nitrogen and oxygen atoms in total. The lowest BCUT2D eigenvalue weighted by Crippen LogP contribution is -2.33. The second-order valence-corrected chi connectivity index (χ2v) is 7.51. The molecule has 1 aliphatic rings. The Bertz CT molecular complexity index is 575. The third-order valence-electron chi connectivity index (χ3n) is 3.90. The van der Waals surface area contributed by atoms with E-state index in [1.54, 1.807) is 0 Å². The monoisotopic (exact) mass is 300 g/mol. The smallest absolute Gasteiger partial charge is 0.267 e. The summed E-state index contributed by atoms with van der Waals surface area (Å²) in [4.78, 5) is 15.0. The molecule has 1 aliphatic carbocycles. The van der Waals surface area contributed by atoms with Gasteiger partial charge in [-0.05, 0) is 19.3 Å². The Labute approximate surface area is 118 Å². The van der Waals surface area contributed by atoms with Gasteiger partial charge in [-0.3, -0.25) is 9.89 Å². The van der Waals surface area contributed by atoms with Crippen molar-refractivity contribution in [3.63, 3.8) is 0 Å². The van der Waals surface area contributed by atoms with Gasteiger partial charge in [0.15, 0.2) is 0 Å². The normalized spacial score (nSPS) is 18.2. The van der Waals surface area contributed by atoms with Gasteiger partial charge in [0.2, 0.25) is 15.7 Å². The zero-order valence-corrected chi connectivity index (χ0v) is 12.3. The van der Waals surface area contributed by atoms with E-state index in [1.165, 1.54) is 32.6 Å². The van der Waals surface area contributed by atoms with Gasteiger partial charge < -0.3 is 5.73 Å². The highest BCUT2D eigenvalue weighted by Gasteiger charge is 2.31. The van der Waals surface area contributed by atoms with E-state index in [4.69, 9.17) is 5.73 Å². The molecule has 0 radical (unpaired) electrons. The summed E-state index contributed by atoms with van der Waals surface area (Å²) in [5.41, 5.74) is 5.02. The molecule has 20 heavy (non-hydrogen) atoms. The fourth-order valence-electron chi connectivity index (χ4n) is 2.47. The molecule has 1 unspecified atom stereocenters. The lowest BCUT2D eigenvalue weighted by atomic mass is 10.0. The van der Waals surface area contributed by atoms with Crippen LogP contribution in [0, 0.1) is 5.92 Å². The summed E-state index contributed by atoms with van der Waals surface area (Å²) in [6, 6.07) is 0. The van der Waals surface area contributed by atoms with Crippen LogP contribution in [0.1, 0.15) is 44.9 Å². The predicted octanol–water partition coefficient (Wildman–Crippen LogP) is 0.575. The summed E-state index contributed by atoms with van der Waals surface area (Å²) in [6.45, 7) is 1.24. The third kappa shape index (κ3) is 3.17. The van der Waals surface area contributed by atoms with E-state index in [9.17, 15) is 13.2 Å². The molecular formula is C12H20N4O3S. The van der Waals surface area contributed by atoms with Crippen LogP contribution in [0.3, 0.4) is 0 Å². The van der Waals surface area contributed by atoms with E-state index in [0.29, 0.717) is 18.2 Å². The van der Waals surface area contributed by atoms with Crippen LogP contribution < -0.4 is 5.73 Å². The number of aromatic nitrogens is 3. The number of nitrogens with zero attached hydrogens (tertiary/aromatic N) is 2. The van der Waals surface area contributed by atoms with Crippen molar-refractivity contribution in [2.75, 3.05) is 0 Å². The highest BCUT2D eigenvalue weighted by molar-refractivity contribution is 7.92. The number of hydrogen-bond acceptors (Lipinski definition) is 5. The molecule has 0 spiro atoms. The first-order chi connectivity index (χ1) is 9.41. The number of amides is 1. The number of hydrogen-bond donors (Lipinski definition) is 2. The number of sulfone groups is 1. The topological polar surface area (TPSA) is 119 Å². The number of carbonyl (C=O) groups excluding carboxylic acids is 1. The summed E-state index contributed by atoms with van der Waals surface area (Å²) in [7, 11) is -3.88. The van der Waals surface area contributed by atoms with Crippen LogP contribution in [0.5, 0.6) is 0 Å². The molecule has 1 fully saturated rings. The minimum atomic E-state index is -3.88. The number of aromatic amines is 1. The maximum Gasteiger partial charge on any atom is 0.267 e. The van der Waals surface area contributed by atoms with Crippen molar-refractivity contribution >= 4 is 15.7 Å². The standard InChI is InChI=1S/C12H20N4O3S/c1-8(11(13)17)20(18,19)12-14-10(15-16-12)7-6-9-4-2-3-5-9/h8-9H,2-7H2,1H3,(H2,13,17)(H,14,15,16). The molecule has 2 rings (SSSR count). The van der Waals surface area contributed by atoms with Crippen LogP contribution >= 0.6 is 0 Å². The quantitative estimate of drug-likeness (QED) is 0.796. The average Bonchev–Trinajstić information content (AvgIpc) is 3.06. The number of H-pyrrole nitrogens is 1. The Morgan fingerprint density at radius 1 is 1.45 bits per heavy atom. The minimum absolute atomic E-state index is 0.342. The number of aryl methyl sites for hydroxylation is 1. The molecule has 1 heterocycles. The highest BCUT2D eigenvalue weighted by Crippen LogP contribution is 2.28. The maximum absolute atomic E-state index is 12.0. The van der Waals surface area contributed by atoms with Crippen molar-refractivity contribution in [3.8, 4) is 0 Å². The number of carbonyl (C=O) groups is 1. The molecule has 3 N–H and O–H groups in total. The lowest BCUT2D eigenvalue weighted by molar-refractivity contribution is -0.117. The van der Waals surface area contributed by atoms with Gasteiger partial charge in [0.05, 0.1) is 0 Å². The van der Waals surface area contributed by atoms with E-state index in [0.717, 1.165) is 6.42 Å². The first kappa shape index (κ1) is 15.0. The van der Waals surface area contributed by atoms with Gasteiger partial charge in [-0.25, -0.2) is 13.4 Å². The van der Waals surface area contributed by atoms with Crippen LogP contribution in [-0.4, -0.2) is 34.8 Å². The van der Waals surface area contributed by atoms with E-state index >= 15 is 0 Å². The van der Waals surface area contributed by atoms with E-state index in [2.05, 4.69) is 15.2 Å². The van der Waals surface area contributed by atoms with Gasteiger partial charge in [0, 0.05) is 6.42 Å². The number of nitrogens with two attached hydrogens (primary N) is 1. The summed E-state index contributed by atoms with van der Waals surface area (Å²) in [5.74, 6) is 0.346. The van der Waals surface area contributed by atoms with Gasteiger partial charge in [0.1, 0.15) is 11.1 Å². The van der Waals surface area contributed by atoms with Crippen molar-refractivity contribution in [3.05, 3.63) is 5.82 Å². The fourth-order valence-corrected chi connectivity index (χ4v) is 3.50. The summed E-state index contributed by atoms with van der Waals surface area (Å²) in [6.07, 6.45) is 6.68.